The zero-order valence-electron chi connectivity index (χ0n) is 9.55. The minimum atomic E-state index is -0.0156. The van der Waals surface area contributed by atoms with E-state index in [1.807, 2.05) is 18.2 Å². The maximum absolute atomic E-state index is 12.2. The van der Waals surface area contributed by atoms with Crippen LogP contribution < -0.4 is 0 Å². The molecule has 0 atom stereocenters. The summed E-state index contributed by atoms with van der Waals surface area (Å²) in [7, 11) is 0. The van der Waals surface area contributed by atoms with Crippen LogP contribution in [-0.4, -0.2) is 15.9 Å². The Kier molecular flexibility index (Phi) is 2.38. The Labute approximate surface area is 104 Å². The van der Waals surface area contributed by atoms with Gasteiger partial charge in [0.15, 0.2) is 11.7 Å². The van der Waals surface area contributed by atoms with Gasteiger partial charge < -0.3 is 10.1 Å². The molecule has 88 valence electrons. The zero-order valence-corrected chi connectivity index (χ0v) is 9.55. The van der Waals surface area contributed by atoms with Crippen molar-refractivity contribution in [2.75, 3.05) is 0 Å². The number of hydrogen-bond acceptors (Lipinski definition) is 2. The first-order chi connectivity index (χ1) is 8.74. The number of carbonyl (C=O) groups excluding carboxylic acids is 1. The number of aromatic hydroxyl groups is 1. The number of carbonyl (C=O) groups is 1. The number of aromatic amines is 1. The van der Waals surface area contributed by atoms with E-state index >= 15 is 0 Å². The van der Waals surface area contributed by atoms with E-state index in [1.165, 1.54) is 0 Å². The van der Waals surface area contributed by atoms with Gasteiger partial charge in [0.1, 0.15) is 0 Å². The monoisotopic (exact) mass is 237 g/mol. The molecule has 1 heterocycles. The van der Waals surface area contributed by atoms with Gasteiger partial charge in [-0.2, -0.15) is 0 Å². The first-order valence-corrected chi connectivity index (χ1v) is 5.65. The van der Waals surface area contributed by atoms with Crippen molar-refractivity contribution in [1.82, 2.24) is 4.98 Å². The van der Waals surface area contributed by atoms with E-state index in [4.69, 9.17) is 0 Å². The fourth-order valence-electron chi connectivity index (χ4n) is 2.01. The highest BCUT2D eigenvalue weighted by molar-refractivity contribution is 6.10. The number of ketones is 1. The maximum atomic E-state index is 12.2. The average Bonchev–Trinajstić information content (AvgIpc) is 2.78. The Balaban J connectivity index is 2.06. The quantitative estimate of drug-likeness (QED) is 0.673. The largest absolute Gasteiger partial charge is 0.495 e. The molecule has 0 aliphatic heterocycles. The van der Waals surface area contributed by atoms with Gasteiger partial charge in [-0.3, -0.25) is 4.79 Å². The van der Waals surface area contributed by atoms with E-state index in [0.29, 0.717) is 11.1 Å². The van der Waals surface area contributed by atoms with Crippen molar-refractivity contribution in [2.24, 2.45) is 0 Å². The van der Waals surface area contributed by atoms with Crippen LogP contribution in [0.3, 0.4) is 0 Å². The summed E-state index contributed by atoms with van der Waals surface area (Å²) in [6, 6.07) is 16.1. The molecule has 0 radical (unpaired) electrons. The molecule has 2 N–H and O–H groups in total. The molecule has 3 heteroatoms. The SMILES string of the molecule is O=C(c1ccccc1)c1ccc2[nH]c(O)cc2c1. The first-order valence-electron chi connectivity index (χ1n) is 5.65. The molecule has 0 aliphatic rings. The number of rotatable bonds is 2. The second-order valence-corrected chi connectivity index (χ2v) is 4.15. The van der Waals surface area contributed by atoms with Gasteiger partial charge in [-0.05, 0) is 18.2 Å². The van der Waals surface area contributed by atoms with Crippen molar-refractivity contribution in [3.8, 4) is 5.88 Å². The third-order valence-electron chi connectivity index (χ3n) is 2.90. The minimum Gasteiger partial charge on any atom is -0.495 e. The van der Waals surface area contributed by atoms with Crippen LogP contribution in [0.15, 0.2) is 54.6 Å². The maximum Gasteiger partial charge on any atom is 0.193 e. The van der Waals surface area contributed by atoms with Crippen LogP contribution in [0, 0.1) is 0 Å². The molecule has 0 amide bonds. The van der Waals surface area contributed by atoms with Crippen molar-refractivity contribution in [3.63, 3.8) is 0 Å². The van der Waals surface area contributed by atoms with Gasteiger partial charge in [0, 0.05) is 28.1 Å². The van der Waals surface area contributed by atoms with E-state index in [2.05, 4.69) is 4.98 Å². The highest BCUT2D eigenvalue weighted by atomic mass is 16.3. The highest BCUT2D eigenvalue weighted by Gasteiger charge is 2.09. The minimum absolute atomic E-state index is 0.0156. The third kappa shape index (κ3) is 1.76. The van der Waals surface area contributed by atoms with Crippen molar-refractivity contribution in [3.05, 3.63) is 65.7 Å². The summed E-state index contributed by atoms with van der Waals surface area (Å²) < 4.78 is 0. The number of hydrogen-bond donors (Lipinski definition) is 2. The van der Waals surface area contributed by atoms with Crippen molar-refractivity contribution in [1.29, 1.82) is 0 Å². The number of benzene rings is 2. The molecule has 2 aromatic carbocycles. The van der Waals surface area contributed by atoms with Crippen molar-refractivity contribution in [2.45, 2.75) is 0 Å². The normalized spacial score (nSPS) is 10.7. The summed E-state index contributed by atoms with van der Waals surface area (Å²) in [5.41, 5.74) is 2.10. The lowest BCUT2D eigenvalue weighted by Gasteiger charge is -2.01. The van der Waals surface area contributed by atoms with Gasteiger partial charge >= 0.3 is 0 Å². The van der Waals surface area contributed by atoms with E-state index in [-0.39, 0.29) is 11.7 Å². The second-order valence-electron chi connectivity index (χ2n) is 4.15. The fraction of sp³-hybridized carbons (Fsp3) is 0. The summed E-state index contributed by atoms with van der Waals surface area (Å²) in [5, 5.41) is 10.2. The molecule has 3 rings (SSSR count). The lowest BCUT2D eigenvalue weighted by atomic mass is 10.0. The number of nitrogens with one attached hydrogen (secondary N) is 1. The van der Waals surface area contributed by atoms with E-state index in [1.54, 1.807) is 36.4 Å². The molecule has 18 heavy (non-hydrogen) atoms. The molecule has 0 unspecified atom stereocenters. The molecule has 0 aliphatic carbocycles. The van der Waals surface area contributed by atoms with Crippen LogP contribution in [0.1, 0.15) is 15.9 Å². The van der Waals surface area contributed by atoms with Crippen LogP contribution in [0.4, 0.5) is 0 Å². The molecular formula is C15H11NO2. The summed E-state index contributed by atoms with van der Waals surface area (Å²) in [4.78, 5) is 15.0. The molecule has 0 fully saturated rings. The number of fused-ring (bicyclic) bond motifs is 1. The summed E-state index contributed by atoms with van der Waals surface area (Å²) in [6.07, 6.45) is 0. The Morgan fingerprint density at radius 2 is 1.72 bits per heavy atom. The van der Waals surface area contributed by atoms with E-state index in [0.717, 1.165) is 10.9 Å². The summed E-state index contributed by atoms with van der Waals surface area (Å²) in [6.45, 7) is 0. The predicted octanol–water partition coefficient (Wildman–Crippen LogP) is 3.10. The molecular weight excluding hydrogens is 226 g/mol. The van der Waals surface area contributed by atoms with Crippen molar-refractivity contribution < 1.29 is 9.90 Å². The van der Waals surface area contributed by atoms with Gasteiger partial charge in [0.25, 0.3) is 0 Å². The topological polar surface area (TPSA) is 53.1 Å². The van der Waals surface area contributed by atoms with Gasteiger partial charge in [0.2, 0.25) is 0 Å². The van der Waals surface area contributed by atoms with Gasteiger partial charge in [-0.25, -0.2) is 0 Å². The molecule has 0 spiro atoms. The third-order valence-corrected chi connectivity index (χ3v) is 2.90. The molecule has 1 aromatic heterocycles. The Morgan fingerprint density at radius 3 is 2.50 bits per heavy atom. The molecule has 3 aromatic rings. The lowest BCUT2D eigenvalue weighted by Crippen LogP contribution is -2.00. The van der Waals surface area contributed by atoms with Crippen LogP contribution in [0.5, 0.6) is 5.88 Å². The molecule has 0 saturated carbocycles. The van der Waals surface area contributed by atoms with Crippen molar-refractivity contribution >= 4 is 16.7 Å². The fourth-order valence-corrected chi connectivity index (χ4v) is 2.01. The highest BCUT2D eigenvalue weighted by Crippen LogP contribution is 2.21. The Hall–Kier alpha value is -2.55. The standard InChI is InChI=1S/C15H11NO2/c17-14-9-12-8-11(6-7-13(12)16-14)15(18)10-4-2-1-3-5-10/h1-9,16-17H. The first kappa shape index (κ1) is 10.6. The summed E-state index contributed by atoms with van der Waals surface area (Å²) in [5.74, 6) is 0.0903. The van der Waals surface area contributed by atoms with Gasteiger partial charge in [-0.15, -0.1) is 0 Å². The van der Waals surface area contributed by atoms with Gasteiger partial charge in [0.05, 0.1) is 0 Å². The Bertz CT molecular complexity index is 714. The predicted molar refractivity (Wildman–Crippen MR) is 69.8 cm³/mol. The van der Waals surface area contributed by atoms with Crippen LogP contribution in [0.2, 0.25) is 0 Å². The lowest BCUT2D eigenvalue weighted by molar-refractivity contribution is 0.103. The Morgan fingerprint density at radius 1 is 0.944 bits per heavy atom. The zero-order chi connectivity index (χ0) is 12.5. The van der Waals surface area contributed by atoms with E-state index in [9.17, 15) is 9.90 Å². The number of aromatic nitrogens is 1. The van der Waals surface area contributed by atoms with Gasteiger partial charge in [-0.1, -0.05) is 30.3 Å². The van der Waals surface area contributed by atoms with Crippen LogP contribution in [-0.2, 0) is 0 Å². The van der Waals surface area contributed by atoms with Crippen LogP contribution >= 0.6 is 0 Å². The average molecular weight is 237 g/mol. The smallest absolute Gasteiger partial charge is 0.193 e. The summed E-state index contributed by atoms with van der Waals surface area (Å²) >= 11 is 0. The molecule has 0 bridgehead atoms. The van der Waals surface area contributed by atoms with Crippen LogP contribution in [0.25, 0.3) is 10.9 Å². The molecule has 0 saturated heterocycles. The van der Waals surface area contributed by atoms with E-state index < -0.39 is 0 Å². The molecule has 3 nitrogen and oxygen atoms in total. The number of H-pyrrole nitrogens is 1. The second kappa shape index (κ2) is 4.04.